The van der Waals surface area contributed by atoms with Crippen LogP contribution in [-0.4, -0.2) is 22.4 Å². The first-order valence-corrected chi connectivity index (χ1v) is 4.74. The monoisotopic (exact) mass is 244 g/mol. The van der Waals surface area contributed by atoms with Gasteiger partial charge in [0.1, 0.15) is 0 Å². The summed E-state index contributed by atoms with van der Waals surface area (Å²) in [5.41, 5.74) is 0. The molecule has 0 rings (SSSR count). The molecule has 0 heterocycles. The summed E-state index contributed by atoms with van der Waals surface area (Å²) in [6, 6.07) is 0. The summed E-state index contributed by atoms with van der Waals surface area (Å²) < 4.78 is 0. The zero-order chi connectivity index (χ0) is 2.00. The molecule has 0 aromatic carbocycles. The molecule has 1 unspecified atom stereocenters. The van der Waals surface area contributed by atoms with E-state index in [1.165, 1.54) is 0 Å². The van der Waals surface area contributed by atoms with Crippen LogP contribution in [0, 0.1) is 0 Å². The Morgan fingerprint density at radius 1 is 1.25 bits per heavy atom. The molecule has 0 saturated heterocycles. The van der Waals surface area contributed by atoms with Gasteiger partial charge in [-0.25, -0.2) is 0 Å². The summed E-state index contributed by atoms with van der Waals surface area (Å²) in [6.45, 7) is 0. The molecule has 28 valence electrons. The summed E-state index contributed by atoms with van der Waals surface area (Å²) >= 11 is 0.933. The van der Waals surface area contributed by atoms with Gasteiger partial charge in [-0.2, -0.15) is 9.90 Å². The molecule has 0 aromatic heterocycles. The standard InChI is InChI=1S/Cu.In.H3P.S/h;;1H3;. The van der Waals surface area contributed by atoms with Gasteiger partial charge in [0.25, 0.3) is 0 Å². The van der Waals surface area contributed by atoms with Crippen molar-refractivity contribution in [3.05, 3.63) is 0 Å². The molecular formula is H3CuInPS. The van der Waals surface area contributed by atoms with Gasteiger partial charge in [-0.1, -0.05) is 0 Å². The Hall–Kier alpha value is 2.04. The van der Waals surface area contributed by atoms with Crippen molar-refractivity contribution in [3.8, 4) is 0 Å². The van der Waals surface area contributed by atoms with Crippen molar-refractivity contribution >= 4 is 41.2 Å². The molecule has 0 aliphatic rings. The Bertz CT molecular complexity index is 8.00. The molecule has 0 nitrogen and oxygen atoms in total. The zero-order valence-corrected chi connectivity index (χ0v) is 8.46. The van der Waals surface area contributed by atoms with Gasteiger partial charge in [-0.15, -0.1) is 0 Å². The van der Waals surface area contributed by atoms with Gasteiger partial charge in [0, 0.05) is 17.1 Å². The molecule has 0 aromatic rings. The molecule has 0 fully saturated rings. The van der Waals surface area contributed by atoms with E-state index in [2.05, 4.69) is 8.92 Å². The average Bonchev–Trinajstić information content (AvgIpc) is 1.00. The Labute approximate surface area is 57.8 Å². The molecule has 0 spiro atoms. The third kappa shape index (κ3) is 8.97. The van der Waals surface area contributed by atoms with Crippen LogP contribution in [0.3, 0.4) is 0 Å². The van der Waals surface area contributed by atoms with Crippen LogP contribution in [0.2, 0.25) is 0 Å². The molecule has 0 N–H and O–H groups in total. The van der Waals surface area contributed by atoms with Crippen LogP contribution in [-0.2, 0) is 17.1 Å². The molecule has 0 amide bonds. The Balaban J connectivity index is -0.00000000500. The Kier molecular flexibility index (Phi) is 82.1. The van der Waals surface area contributed by atoms with E-state index in [9.17, 15) is 0 Å². The molecule has 0 bridgehead atoms. The quantitative estimate of drug-likeness (QED) is 0.437. The van der Waals surface area contributed by atoms with Crippen LogP contribution >= 0.6 is 18.8 Å². The van der Waals surface area contributed by atoms with Crippen LogP contribution in [0.15, 0.2) is 0 Å². The summed E-state index contributed by atoms with van der Waals surface area (Å²) in [5, 5.41) is 0. The zero-order valence-electron chi connectivity index (χ0n) is 1.99. The normalized spacial score (nSPS) is 0.750. The molecule has 4 heteroatoms. The minimum atomic E-state index is 0. The number of hydrogen-bond donors (Lipinski definition) is 0. The molecular weight excluding hydrogens is 241 g/mol. The van der Waals surface area contributed by atoms with E-state index in [1.54, 1.807) is 0 Å². The van der Waals surface area contributed by atoms with E-state index in [0.717, 1.165) is 22.4 Å². The summed E-state index contributed by atoms with van der Waals surface area (Å²) in [5.74, 6) is 0. The second-order valence-corrected chi connectivity index (χ2v) is 0. The fourth-order valence-corrected chi connectivity index (χ4v) is 0. The SMILES string of the molecule is P.[Cu].[S]=[In]. The van der Waals surface area contributed by atoms with Crippen molar-refractivity contribution in [1.82, 2.24) is 0 Å². The first-order valence-electron chi connectivity index (χ1n) is 0.236. The second-order valence-electron chi connectivity index (χ2n) is 0. The number of hydrogen-bond acceptors (Lipinski definition) is 1. The maximum absolute atomic E-state index is 4.21. The van der Waals surface area contributed by atoms with Gasteiger partial charge >= 0.3 is 31.3 Å². The Morgan fingerprint density at radius 3 is 1.25 bits per heavy atom. The fourth-order valence-electron chi connectivity index (χ4n) is 0. The average molecular weight is 244 g/mol. The van der Waals surface area contributed by atoms with Crippen molar-refractivity contribution in [2.24, 2.45) is 0 Å². The van der Waals surface area contributed by atoms with E-state index < -0.39 is 0 Å². The van der Waals surface area contributed by atoms with Crippen LogP contribution in [0.4, 0.5) is 0 Å². The minimum absolute atomic E-state index is 0. The second kappa shape index (κ2) is 19.8. The molecule has 1 atom stereocenters. The van der Waals surface area contributed by atoms with E-state index in [-0.39, 0.29) is 27.0 Å². The van der Waals surface area contributed by atoms with Crippen molar-refractivity contribution in [2.75, 3.05) is 0 Å². The van der Waals surface area contributed by atoms with E-state index in [0.29, 0.717) is 0 Å². The fraction of sp³-hybridized carbons (Fsp3) is 0. The molecule has 0 aliphatic carbocycles. The predicted molar refractivity (Wildman–Crippen MR) is 24.4 cm³/mol. The van der Waals surface area contributed by atoms with Crippen LogP contribution in [0.5, 0.6) is 0 Å². The first-order chi connectivity index (χ1) is 1.00. The Morgan fingerprint density at radius 2 is 1.25 bits per heavy atom. The van der Waals surface area contributed by atoms with Crippen molar-refractivity contribution < 1.29 is 17.1 Å². The van der Waals surface area contributed by atoms with Gasteiger partial charge in [0.05, 0.1) is 0 Å². The van der Waals surface area contributed by atoms with Crippen molar-refractivity contribution in [2.45, 2.75) is 0 Å². The summed E-state index contributed by atoms with van der Waals surface area (Å²) in [4.78, 5) is 0. The number of rotatable bonds is 0. The summed E-state index contributed by atoms with van der Waals surface area (Å²) in [6.07, 6.45) is 0. The van der Waals surface area contributed by atoms with Gasteiger partial charge in [-0.05, 0) is 0 Å². The van der Waals surface area contributed by atoms with Gasteiger partial charge in [-0.3, -0.25) is 0 Å². The maximum atomic E-state index is 4.21. The summed E-state index contributed by atoms with van der Waals surface area (Å²) in [7, 11) is 4.21. The topological polar surface area (TPSA) is 0 Å². The van der Waals surface area contributed by atoms with Crippen LogP contribution < -0.4 is 0 Å². The van der Waals surface area contributed by atoms with Gasteiger partial charge < -0.3 is 0 Å². The van der Waals surface area contributed by atoms with Crippen LogP contribution in [0.1, 0.15) is 0 Å². The molecule has 0 aliphatic heterocycles. The van der Waals surface area contributed by atoms with E-state index in [4.69, 9.17) is 0 Å². The predicted octanol–water partition coefficient (Wildman–Crippen LogP) is 0.323. The molecule has 2 radical (unpaired) electrons. The van der Waals surface area contributed by atoms with Crippen molar-refractivity contribution in [1.29, 1.82) is 0 Å². The van der Waals surface area contributed by atoms with Gasteiger partial charge in [0.15, 0.2) is 0 Å². The van der Waals surface area contributed by atoms with Crippen molar-refractivity contribution in [3.63, 3.8) is 0 Å². The van der Waals surface area contributed by atoms with E-state index in [1.807, 2.05) is 0 Å². The first kappa shape index (κ1) is 16.6. The van der Waals surface area contributed by atoms with Gasteiger partial charge in [0.2, 0.25) is 0 Å². The van der Waals surface area contributed by atoms with E-state index >= 15 is 0 Å². The third-order valence-corrected chi connectivity index (χ3v) is 0. The third-order valence-electron chi connectivity index (χ3n) is 0. The molecule has 0 saturated carbocycles. The van der Waals surface area contributed by atoms with Crippen LogP contribution in [0.25, 0.3) is 0 Å². The molecule has 4 heavy (non-hydrogen) atoms.